The van der Waals surface area contributed by atoms with Gasteiger partial charge in [0.2, 0.25) is 0 Å². The number of halogens is 1. The van der Waals surface area contributed by atoms with Gasteiger partial charge < -0.3 is 0 Å². The molecule has 46 valence electrons. The summed E-state index contributed by atoms with van der Waals surface area (Å²) in [7, 11) is 0. The Labute approximate surface area is 59.4 Å². The van der Waals surface area contributed by atoms with Crippen LogP contribution in [0.4, 0.5) is 0 Å². The number of allylic oxidation sites excluding steroid dienone is 4. The molecule has 0 aliphatic heterocycles. The molecule has 0 aromatic heterocycles. The minimum Gasteiger partial charge on any atom is -0.0753 e. The summed E-state index contributed by atoms with van der Waals surface area (Å²) in [5, 5.41) is 0. The van der Waals surface area contributed by atoms with Crippen LogP contribution in [0, 0.1) is 0 Å². The fourth-order valence-corrected chi connectivity index (χ4v) is 0.817. The number of hydrogen-bond acceptors (Lipinski definition) is 0. The Hall–Kier alpha value is -0.0400. The van der Waals surface area contributed by atoms with Crippen molar-refractivity contribution in [3.05, 3.63) is 22.2 Å². The second-order valence-electron chi connectivity index (χ2n) is 1.90. The highest BCUT2D eigenvalue weighted by atomic mass is 79.9. The lowest BCUT2D eigenvalue weighted by atomic mass is 10.3. The van der Waals surface area contributed by atoms with Gasteiger partial charge in [-0.15, -0.1) is 0 Å². The Balaban J connectivity index is 3.89. The molecule has 0 aromatic rings. The molecule has 0 rings (SSSR count). The van der Waals surface area contributed by atoms with Crippen LogP contribution in [0.15, 0.2) is 22.2 Å². The molecule has 0 nitrogen and oxygen atoms in total. The third-order valence-corrected chi connectivity index (χ3v) is 1.39. The second-order valence-corrected chi connectivity index (χ2v) is 2.81. The molecule has 0 spiro atoms. The van der Waals surface area contributed by atoms with Crippen molar-refractivity contribution in [2.75, 3.05) is 0 Å². The lowest BCUT2D eigenvalue weighted by molar-refractivity contribution is 1.39. The molecule has 0 bridgehead atoms. The van der Waals surface area contributed by atoms with Gasteiger partial charge in [-0.1, -0.05) is 27.6 Å². The standard InChI is InChI=1S/C7H11Br/c1-4-7(8)5-6(2)3/h4-5H,1-3H3. The van der Waals surface area contributed by atoms with E-state index in [9.17, 15) is 0 Å². The normalized spacial score (nSPS) is 11.2. The van der Waals surface area contributed by atoms with Crippen molar-refractivity contribution in [2.45, 2.75) is 20.8 Å². The van der Waals surface area contributed by atoms with E-state index in [2.05, 4.69) is 35.9 Å². The Morgan fingerprint density at radius 2 is 1.88 bits per heavy atom. The van der Waals surface area contributed by atoms with Crippen LogP contribution in [0.3, 0.4) is 0 Å². The van der Waals surface area contributed by atoms with Crippen LogP contribution in [0.25, 0.3) is 0 Å². The zero-order valence-corrected chi connectivity index (χ0v) is 7.12. The van der Waals surface area contributed by atoms with Crippen molar-refractivity contribution in [1.82, 2.24) is 0 Å². The maximum atomic E-state index is 3.36. The van der Waals surface area contributed by atoms with Crippen molar-refractivity contribution in [3.8, 4) is 0 Å². The van der Waals surface area contributed by atoms with Crippen molar-refractivity contribution in [3.63, 3.8) is 0 Å². The zero-order chi connectivity index (χ0) is 6.57. The van der Waals surface area contributed by atoms with Crippen LogP contribution >= 0.6 is 15.9 Å². The second kappa shape index (κ2) is 3.90. The highest BCUT2D eigenvalue weighted by Crippen LogP contribution is 2.08. The van der Waals surface area contributed by atoms with E-state index in [1.807, 2.05) is 13.0 Å². The first-order valence-corrected chi connectivity index (χ1v) is 3.43. The zero-order valence-electron chi connectivity index (χ0n) is 5.53. The quantitative estimate of drug-likeness (QED) is 0.536. The van der Waals surface area contributed by atoms with Crippen molar-refractivity contribution in [1.29, 1.82) is 0 Å². The smallest absolute Gasteiger partial charge is 0.0131 e. The lowest BCUT2D eigenvalue weighted by Gasteiger charge is -1.86. The molecular formula is C7H11Br. The van der Waals surface area contributed by atoms with Gasteiger partial charge in [-0.2, -0.15) is 0 Å². The van der Waals surface area contributed by atoms with Gasteiger partial charge in [0.25, 0.3) is 0 Å². The average molecular weight is 175 g/mol. The lowest BCUT2D eigenvalue weighted by Crippen LogP contribution is -1.63. The van der Waals surface area contributed by atoms with Crippen LogP contribution < -0.4 is 0 Å². The molecule has 8 heavy (non-hydrogen) atoms. The molecule has 0 unspecified atom stereocenters. The van der Waals surface area contributed by atoms with Crippen molar-refractivity contribution in [2.24, 2.45) is 0 Å². The summed E-state index contributed by atoms with van der Waals surface area (Å²) < 4.78 is 1.15. The minimum atomic E-state index is 1.15. The van der Waals surface area contributed by atoms with Crippen molar-refractivity contribution < 1.29 is 0 Å². The fraction of sp³-hybridized carbons (Fsp3) is 0.429. The molecule has 0 atom stereocenters. The first kappa shape index (κ1) is 7.96. The van der Waals surface area contributed by atoms with E-state index in [1.165, 1.54) is 5.57 Å². The van der Waals surface area contributed by atoms with Gasteiger partial charge in [-0.05, 0) is 26.8 Å². The molecule has 0 N–H and O–H groups in total. The van der Waals surface area contributed by atoms with Crippen LogP contribution in [0.5, 0.6) is 0 Å². The fourth-order valence-electron chi connectivity index (χ4n) is 0.359. The SMILES string of the molecule is CC=C(Br)C=C(C)C. The van der Waals surface area contributed by atoms with E-state index in [0.717, 1.165) is 4.48 Å². The molecular weight excluding hydrogens is 164 g/mol. The van der Waals surface area contributed by atoms with Gasteiger partial charge in [0.05, 0.1) is 0 Å². The Bertz CT molecular complexity index is 116. The maximum Gasteiger partial charge on any atom is 0.0131 e. The van der Waals surface area contributed by atoms with E-state index >= 15 is 0 Å². The first-order valence-electron chi connectivity index (χ1n) is 2.63. The molecule has 0 fully saturated rings. The van der Waals surface area contributed by atoms with E-state index in [0.29, 0.717) is 0 Å². The summed E-state index contributed by atoms with van der Waals surface area (Å²) in [4.78, 5) is 0. The molecule has 0 heterocycles. The molecule has 0 aromatic carbocycles. The molecule has 0 amide bonds. The number of hydrogen-bond donors (Lipinski definition) is 0. The van der Waals surface area contributed by atoms with Gasteiger partial charge in [0, 0.05) is 4.48 Å². The summed E-state index contributed by atoms with van der Waals surface area (Å²) in [6.45, 7) is 6.15. The predicted octanol–water partition coefficient (Wildman–Crippen LogP) is 3.25. The van der Waals surface area contributed by atoms with E-state index in [1.54, 1.807) is 0 Å². The van der Waals surface area contributed by atoms with Crippen LogP contribution in [0.1, 0.15) is 20.8 Å². The Morgan fingerprint density at radius 1 is 1.38 bits per heavy atom. The Morgan fingerprint density at radius 3 is 2.00 bits per heavy atom. The van der Waals surface area contributed by atoms with Crippen LogP contribution in [-0.4, -0.2) is 0 Å². The maximum absolute atomic E-state index is 3.36. The highest BCUT2D eigenvalue weighted by Gasteiger charge is 1.79. The largest absolute Gasteiger partial charge is 0.0753 e. The van der Waals surface area contributed by atoms with Crippen molar-refractivity contribution >= 4 is 15.9 Å². The third kappa shape index (κ3) is 4.13. The molecule has 0 radical (unpaired) electrons. The molecule has 1 heteroatoms. The van der Waals surface area contributed by atoms with Crippen LogP contribution in [-0.2, 0) is 0 Å². The average Bonchev–Trinajstić information content (AvgIpc) is 1.65. The summed E-state index contributed by atoms with van der Waals surface area (Å²) in [6, 6.07) is 0. The molecule has 0 aliphatic rings. The molecule has 0 saturated carbocycles. The monoisotopic (exact) mass is 174 g/mol. The summed E-state index contributed by atoms with van der Waals surface area (Å²) in [6.07, 6.45) is 4.10. The Kier molecular flexibility index (Phi) is 3.88. The van der Waals surface area contributed by atoms with Gasteiger partial charge in [-0.25, -0.2) is 0 Å². The summed E-state index contributed by atoms with van der Waals surface area (Å²) in [5.74, 6) is 0. The topological polar surface area (TPSA) is 0 Å². The van der Waals surface area contributed by atoms with E-state index in [-0.39, 0.29) is 0 Å². The number of rotatable bonds is 1. The van der Waals surface area contributed by atoms with E-state index in [4.69, 9.17) is 0 Å². The molecule has 0 aliphatic carbocycles. The van der Waals surface area contributed by atoms with Gasteiger partial charge >= 0.3 is 0 Å². The third-order valence-electron chi connectivity index (χ3n) is 0.702. The first-order chi connectivity index (χ1) is 3.66. The van der Waals surface area contributed by atoms with E-state index < -0.39 is 0 Å². The minimum absolute atomic E-state index is 1.15. The summed E-state index contributed by atoms with van der Waals surface area (Å²) in [5.41, 5.74) is 1.31. The van der Waals surface area contributed by atoms with Crippen LogP contribution in [0.2, 0.25) is 0 Å². The van der Waals surface area contributed by atoms with Gasteiger partial charge in [0.1, 0.15) is 0 Å². The molecule has 0 saturated heterocycles. The predicted molar refractivity (Wildman–Crippen MR) is 42.1 cm³/mol. The summed E-state index contributed by atoms with van der Waals surface area (Å²) >= 11 is 3.36. The van der Waals surface area contributed by atoms with Gasteiger partial charge in [0.15, 0.2) is 0 Å². The van der Waals surface area contributed by atoms with Gasteiger partial charge in [-0.3, -0.25) is 0 Å². The highest BCUT2D eigenvalue weighted by molar-refractivity contribution is 9.11.